The number of rotatable bonds is 2. The largest absolute Gasteiger partial charge is 0.384 e. The van der Waals surface area contributed by atoms with E-state index in [0.29, 0.717) is 0 Å². The average Bonchev–Trinajstić information content (AvgIpc) is 3.02. The summed E-state index contributed by atoms with van der Waals surface area (Å²) in [6.07, 6.45) is 4.02. The van der Waals surface area contributed by atoms with Gasteiger partial charge in [-0.3, -0.25) is 4.79 Å². The molecule has 2 aromatic carbocycles. The number of benzene rings is 2. The molecule has 1 heterocycles. The molecule has 0 saturated heterocycles. The van der Waals surface area contributed by atoms with Gasteiger partial charge in [-0.25, -0.2) is 0 Å². The van der Waals surface area contributed by atoms with E-state index < -0.39 is 0 Å². The highest BCUT2D eigenvalue weighted by atomic mass is 16.1. The fourth-order valence-corrected chi connectivity index (χ4v) is 3.54. The van der Waals surface area contributed by atoms with E-state index in [0.717, 1.165) is 37.8 Å². The number of carbonyl (C=O) groups is 1. The van der Waals surface area contributed by atoms with Crippen LogP contribution in [-0.4, -0.2) is 18.5 Å². The molecule has 1 atom stereocenters. The van der Waals surface area contributed by atoms with Crippen molar-refractivity contribution in [1.82, 2.24) is 5.32 Å². The summed E-state index contributed by atoms with van der Waals surface area (Å²) >= 11 is 0. The number of hydrogen-bond acceptors (Lipinski definition) is 2. The Morgan fingerprint density at radius 1 is 1.05 bits per heavy atom. The Balaban J connectivity index is 1.47. The lowest BCUT2D eigenvalue weighted by Gasteiger charge is -2.25. The Hall–Kier alpha value is -2.29. The zero-order valence-electron chi connectivity index (χ0n) is 12.6. The van der Waals surface area contributed by atoms with Gasteiger partial charge >= 0.3 is 0 Å². The molecule has 0 bridgehead atoms. The molecular formula is C19H20N2O. The summed E-state index contributed by atoms with van der Waals surface area (Å²) in [5.74, 6) is 0.0547. The molecule has 1 unspecified atom stereocenters. The van der Waals surface area contributed by atoms with Crippen molar-refractivity contribution < 1.29 is 4.79 Å². The molecule has 1 amide bonds. The smallest absolute Gasteiger partial charge is 0.251 e. The van der Waals surface area contributed by atoms with Crippen molar-refractivity contribution in [3.63, 3.8) is 0 Å². The molecule has 112 valence electrons. The fraction of sp³-hybridized carbons (Fsp3) is 0.316. The van der Waals surface area contributed by atoms with Crippen LogP contribution in [-0.2, 0) is 19.3 Å². The first-order chi connectivity index (χ1) is 10.8. The van der Waals surface area contributed by atoms with Crippen molar-refractivity contribution >= 4 is 11.6 Å². The highest BCUT2D eigenvalue weighted by molar-refractivity contribution is 5.95. The van der Waals surface area contributed by atoms with Gasteiger partial charge in [0.15, 0.2) is 0 Å². The van der Waals surface area contributed by atoms with Gasteiger partial charge < -0.3 is 10.6 Å². The maximum Gasteiger partial charge on any atom is 0.251 e. The van der Waals surface area contributed by atoms with Gasteiger partial charge in [-0.05, 0) is 60.6 Å². The molecule has 3 heteroatoms. The number of aryl methyl sites for hydroxylation is 1. The minimum Gasteiger partial charge on any atom is -0.384 e. The SMILES string of the molecule is O=C(NC1CCc2ccccc2C1)c1ccc2c(c1)CCN2. The van der Waals surface area contributed by atoms with Crippen molar-refractivity contribution in [2.24, 2.45) is 0 Å². The van der Waals surface area contributed by atoms with Gasteiger partial charge in [0, 0.05) is 23.8 Å². The summed E-state index contributed by atoms with van der Waals surface area (Å²) in [7, 11) is 0. The van der Waals surface area contributed by atoms with Gasteiger partial charge in [0.25, 0.3) is 5.91 Å². The molecular weight excluding hydrogens is 272 g/mol. The number of hydrogen-bond donors (Lipinski definition) is 2. The Labute approximate surface area is 130 Å². The van der Waals surface area contributed by atoms with Gasteiger partial charge in [-0.2, -0.15) is 0 Å². The minimum atomic E-state index is 0.0547. The van der Waals surface area contributed by atoms with Gasteiger partial charge in [-0.1, -0.05) is 24.3 Å². The first kappa shape index (κ1) is 13.4. The summed E-state index contributed by atoms with van der Waals surface area (Å²) in [6.45, 7) is 0.972. The van der Waals surface area contributed by atoms with E-state index in [2.05, 4.69) is 34.9 Å². The first-order valence-electron chi connectivity index (χ1n) is 8.04. The normalized spacial score (nSPS) is 19.0. The van der Waals surface area contributed by atoms with Crippen molar-refractivity contribution in [2.75, 3.05) is 11.9 Å². The molecule has 4 rings (SSSR count). The molecule has 2 aliphatic rings. The number of anilines is 1. The van der Waals surface area contributed by atoms with Crippen molar-refractivity contribution in [3.05, 3.63) is 64.7 Å². The van der Waals surface area contributed by atoms with Crippen LogP contribution in [0.25, 0.3) is 0 Å². The highest BCUT2D eigenvalue weighted by Gasteiger charge is 2.21. The molecule has 0 fully saturated rings. The van der Waals surface area contributed by atoms with E-state index in [1.54, 1.807) is 0 Å². The first-order valence-corrected chi connectivity index (χ1v) is 8.04. The lowest BCUT2D eigenvalue weighted by Crippen LogP contribution is -2.38. The van der Waals surface area contributed by atoms with Crippen LogP contribution < -0.4 is 10.6 Å². The van der Waals surface area contributed by atoms with Crippen molar-refractivity contribution in [3.8, 4) is 0 Å². The third-order valence-corrected chi connectivity index (χ3v) is 4.76. The maximum absolute atomic E-state index is 12.5. The molecule has 1 aliphatic heterocycles. The molecule has 0 radical (unpaired) electrons. The van der Waals surface area contributed by atoms with E-state index in [-0.39, 0.29) is 11.9 Å². The lowest BCUT2D eigenvalue weighted by atomic mass is 9.88. The van der Waals surface area contributed by atoms with Crippen LogP contribution in [0.2, 0.25) is 0 Å². The van der Waals surface area contributed by atoms with Crippen LogP contribution in [0.4, 0.5) is 5.69 Å². The Bertz CT molecular complexity index is 723. The van der Waals surface area contributed by atoms with E-state index in [1.807, 2.05) is 18.2 Å². The topological polar surface area (TPSA) is 41.1 Å². The van der Waals surface area contributed by atoms with Crippen LogP contribution in [0, 0.1) is 0 Å². The number of carbonyl (C=O) groups excluding carboxylic acids is 1. The van der Waals surface area contributed by atoms with Gasteiger partial charge in [0.1, 0.15) is 0 Å². The van der Waals surface area contributed by atoms with Crippen LogP contribution in [0.5, 0.6) is 0 Å². The molecule has 22 heavy (non-hydrogen) atoms. The summed E-state index contributed by atoms with van der Waals surface area (Å²) < 4.78 is 0. The van der Waals surface area contributed by atoms with E-state index >= 15 is 0 Å². The van der Waals surface area contributed by atoms with Crippen LogP contribution in [0.15, 0.2) is 42.5 Å². The second-order valence-electron chi connectivity index (χ2n) is 6.23. The third kappa shape index (κ3) is 2.47. The van der Waals surface area contributed by atoms with Crippen LogP contribution in [0.3, 0.4) is 0 Å². The summed E-state index contributed by atoms with van der Waals surface area (Å²) in [5.41, 5.74) is 6.00. The monoisotopic (exact) mass is 292 g/mol. The second-order valence-corrected chi connectivity index (χ2v) is 6.23. The molecule has 0 saturated carbocycles. The van der Waals surface area contributed by atoms with Gasteiger partial charge in [-0.15, -0.1) is 0 Å². The van der Waals surface area contributed by atoms with Crippen LogP contribution >= 0.6 is 0 Å². The minimum absolute atomic E-state index is 0.0547. The average molecular weight is 292 g/mol. The Kier molecular flexibility index (Phi) is 3.34. The maximum atomic E-state index is 12.5. The summed E-state index contributed by atoms with van der Waals surface area (Å²) in [6, 6.07) is 14.8. The Morgan fingerprint density at radius 3 is 2.82 bits per heavy atom. The van der Waals surface area contributed by atoms with Gasteiger partial charge in [0.2, 0.25) is 0 Å². The highest BCUT2D eigenvalue weighted by Crippen LogP contribution is 2.24. The van der Waals surface area contributed by atoms with Gasteiger partial charge in [0.05, 0.1) is 0 Å². The molecule has 2 N–H and O–H groups in total. The number of nitrogens with one attached hydrogen (secondary N) is 2. The summed E-state index contributed by atoms with van der Waals surface area (Å²) in [5, 5.41) is 6.53. The predicted octanol–water partition coefficient (Wildman–Crippen LogP) is 2.94. The summed E-state index contributed by atoms with van der Waals surface area (Å²) in [4.78, 5) is 12.5. The number of amides is 1. The molecule has 0 spiro atoms. The standard InChI is InChI=1S/C19H20N2O/c22-19(16-6-8-18-15(11-16)9-10-20-18)21-17-7-5-13-3-1-2-4-14(13)12-17/h1-4,6,8,11,17,20H,5,7,9-10,12H2,(H,21,22). The molecule has 2 aromatic rings. The van der Waals surface area contributed by atoms with E-state index in [4.69, 9.17) is 0 Å². The molecule has 1 aliphatic carbocycles. The van der Waals surface area contributed by atoms with E-state index in [9.17, 15) is 4.79 Å². The van der Waals surface area contributed by atoms with E-state index in [1.165, 1.54) is 22.4 Å². The zero-order chi connectivity index (χ0) is 14.9. The van der Waals surface area contributed by atoms with Crippen molar-refractivity contribution in [1.29, 1.82) is 0 Å². The lowest BCUT2D eigenvalue weighted by molar-refractivity contribution is 0.0933. The number of fused-ring (bicyclic) bond motifs is 2. The van der Waals surface area contributed by atoms with Crippen LogP contribution in [0.1, 0.15) is 33.5 Å². The zero-order valence-corrected chi connectivity index (χ0v) is 12.6. The molecule has 0 aromatic heterocycles. The quantitative estimate of drug-likeness (QED) is 0.893. The van der Waals surface area contributed by atoms with Crippen molar-refractivity contribution in [2.45, 2.75) is 31.7 Å². The third-order valence-electron chi connectivity index (χ3n) is 4.76. The second kappa shape index (κ2) is 5.48. The predicted molar refractivity (Wildman–Crippen MR) is 88.4 cm³/mol. The fourth-order valence-electron chi connectivity index (χ4n) is 3.54. The molecule has 3 nitrogen and oxygen atoms in total. The Morgan fingerprint density at radius 2 is 1.91 bits per heavy atom.